The number of amides is 1. The van der Waals surface area contributed by atoms with Gasteiger partial charge in [0.05, 0.1) is 15.3 Å². The summed E-state index contributed by atoms with van der Waals surface area (Å²) in [6.45, 7) is 0. The molecule has 1 aromatic heterocycles. The molecule has 0 saturated heterocycles. The lowest BCUT2D eigenvalue weighted by atomic mass is 10.1. The maximum absolute atomic E-state index is 12.8. The van der Waals surface area contributed by atoms with E-state index >= 15 is 0 Å². The van der Waals surface area contributed by atoms with Crippen molar-refractivity contribution >= 4 is 29.3 Å². The molecule has 1 amide bonds. The summed E-state index contributed by atoms with van der Waals surface area (Å²) in [7, 11) is 0. The van der Waals surface area contributed by atoms with Gasteiger partial charge < -0.3 is 5.73 Å². The number of rotatable bonds is 5. The second kappa shape index (κ2) is 6.72. The van der Waals surface area contributed by atoms with E-state index in [0.717, 1.165) is 5.56 Å². The molecule has 2 aromatic rings. The van der Waals surface area contributed by atoms with E-state index in [1.54, 1.807) is 24.3 Å². The lowest BCUT2D eigenvalue weighted by molar-refractivity contribution is -0.117. The Kier molecular flexibility index (Phi) is 4.98. The average Bonchev–Trinajstić information content (AvgIpc) is 2.42. The number of carbonyl (C=O) groups is 1. The van der Waals surface area contributed by atoms with E-state index in [4.69, 9.17) is 17.3 Å². The summed E-state index contributed by atoms with van der Waals surface area (Å²) in [5.74, 6) is -0.743. The number of benzene rings is 1. The second-order valence-corrected chi connectivity index (χ2v) is 5.81. The van der Waals surface area contributed by atoms with Crippen LogP contribution < -0.4 is 5.73 Å². The van der Waals surface area contributed by atoms with Gasteiger partial charge in [-0.1, -0.05) is 35.5 Å². The molecule has 3 nitrogen and oxygen atoms in total. The highest BCUT2D eigenvalue weighted by Crippen LogP contribution is 2.25. The molecule has 104 valence electrons. The number of nitrogens with zero attached hydrogens (tertiary/aromatic N) is 1. The molecule has 1 heterocycles. The third-order valence-corrected chi connectivity index (χ3v) is 4.01. The Morgan fingerprint density at radius 1 is 1.30 bits per heavy atom. The highest BCUT2D eigenvalue weighted by molar-refractivity contribution is 8.00. The van der Waals surface area contributed by atoms with Crippen molar-refractivity contribution in [2.75, 3.05) is 0 Å². The molecule has 20 heavy (non-hydrogen) atoms. The van der Waals surface area contributed by atoms with Crippen molar-refractivity contribution in [3.05, 3.63) is 59.0 Å². The first-order valence-electron chi connectivity index (χ1n) is 5.86. The van der Waals surface area contributed by atoms with Crippen molar-refractivity contribution in [3.63, 3.8) is 0 Å². The molecule has 2 N–H and O–H groups in total. The zero-order valence-electron chi connectivity index (χ0n) is 10.4. The molecule has 1 unspecified atom stereocenters. The topological polar surface area (TPSA) is 56.0 Å². The maximum atomic E-state index is 12.8. The molecule has 0 radical (unpaired) electrons. The summed E-state index contributed by atoms with van der Waals surface area (Å²) in [6.07, 6.45) is 1.93. The van der Waals surface area contributed by atoms with Crippen LogP contribution in [-0.4, -0.2) is 16.1 Å². The fraction of sp³-hybridized carbons (Fsp3) is 0.143. The Bertz CT molecular complexity index is 542. The third kappa shape index (κ3) is 4.21. The SMILES string of the molecule is NC(=O)C(Cc1ccc(F)cc1)Sc1ccc(Cl)cn1. The number of pyridine rings is 1. The van der Waals surface area contributed by atoms with Crippen LogP contribution in [0.1, 0.15) is 5.56 Å². The standard InChI is InChI=1S/C14H12ClFN2OS/c15-10-3-6-13(18-8-10)20-12(14(17)19)7-9-1-4-11(16)5-2-9/h1-6,8,12H,7H2,(H2,17,19). The summed E-state index contributed by atoms with van der Waals surface area (Å²) in [6, 6.07) is 9.43. The molecule has 2 rings (SSSR count). The van der Waals surface area contributed by atoms with Crippen molar-refractivity contribution in [3.8, 4) is 0 Å². The van der Waals surface area contributed by atoms with Crippen LogP contribution >= 0.6 is 23.4 Å². The van der Waals surface area contributed by atoms with Gasteiger partial charge in [-0.2, -0.15) is 0 Å². The van der Waals surface area contributed by atoms with Gasteiger partial charge >= 0.3 is 0 Å². The third-order valence-electron chi connectivity index (χ3n) is 2.61. The Labute approximate surface area is 125 Å². The average molecular weight is 311 g/mol. The van der Waals surface area contributed by atoms with E-state index in [1.807, 2.05) is 0 Å². The van der Waals surface area contributed by atoms with Crippen molar-refractivity contribution in [2.45, 2.75) is 16.7 Å². The summed E-state index contributed by atoms with van der Waals surface area (Å²) in [4.78, 5) is 15.6. The molecule has 0 bridgehead atoms. The number of hydrogen-bond donors (Lipinski definition) is 1. The van der Waals surface area contributed by atoms with E-state index < -0.39 is 11.2 Å². The maximum Gasteiger partial charge on any atom is 0.231 e. The van der Waals surface area contributed by atoms with Crippen molar-refractivity contribution in [1.82, 2.24) is 4.98 Å². The number of primary amides is 1. The number of aromatic nitrogens is 1. The number of halogens is 2. The molecule has 0 saturated carbocycles. The molecular formula is C14H12ClFN2OS. The van der Waals surface area contributed by atoms with Crippen LogP contribution in [0.25, 0.3) is 0 Å². The normalized spacial score (nSPS) is 12.1. The molecule has 1 aromatic carbocycles. The molecule has 1 atom stereocenters. The van der Waals surface area contributed by atoms with Gasteiger partial charge in [-0.25, -0.2) is 9.37 Å². The van der Waals surface area contributed by atoms with Crippen LogP contribution in [0.5, 0.6) is 0 Å². The van der Waals surface area contributed by atoms with Gasteiger partial charge in [-0.3, -0.25) is 4.79 Å². The first kappa shape index (κ1) is 14.8. The van der Waals surface area contributed by atoms with Gasteiger partial charge in [-0.15, -0.1) is 0 Å². The van der Waals surface area contributed by atoms with E-state index in [-0.39, 0.29) is 5.82 Å². The first-order chi connectivity index (χ1) is 9.54. The molecule has 0 aliphatic rings. The zero-order chi connectivity index (χ0) is 14.5. The number of carbonyl (C=O) groups excluding carboxylic acids is 1. The quantitative estimate of drug-likeness (QED) is 0.864. The van der Waals surface area contributed by atoms with Crippen LogP contribution in [0.3, 0.4) is 0 Å². The monoisotopic (exact) mass is 310 g/mol. The minimum atomic E-state index is -0.464. The largest absolute Gasteiger partial charge is 0.369 e. The number of hydrogen-bond acceptors (Lipinski definition) is 3. The predicted octanol–water partition coefficient (Wildman–Crippen LogP) is 3.06. The lowest BCUT2D eigenvalue weighted by Gasteiger charge is -2.12. The minimum absolute atomic E-state index is 0.309. The highest BCUT2D eigenvalue weighted by Gasteiger charge is 2.18. The number of nitrogens with two attached hydrogens (primary N) is 1. The van der Waals surface area contributed by atoms with Crippen LogP contribution in [-0.2, 0) is 11.2 Å². The van der Waals surface area contributed by atoms with Gasteiger partial charge in [0, 0.05) is 6.20 Å². The lowest BCUT2D eigenvalue weighted by Crippen LogP contribution is -2.27. The van der Waals surface area contributed by atoms with Crippen molar-refractivity contribution in [1.29, 1.82) is 0 Å². The van der Waals surface area contributed by atoms with Crippen molar-refractivity contribution in [2.24, 2.45) is 5.73 Å². The molecule has 0 aliphatic heterocycles. The van der Waals surface area contributed by atoms with Crippen LogP contribution in [0.2, 0.25) is 5.02 Å². The van der Waals surface area contributed by atoms with Gasteiger partial charge in [-0.05, 0) is 36.2 Å². The van der Waals surface area contributed by atoms with Gasteiger partial charge in [0.2, 0.25) is 5.91 Å². The van der Waals surface area contributed by atoms with Gasteiger partial charge in [0.15, 0.2) is 0 Å². The summed E-state index contributed by atoms with van der Waals surface area (Å²) in [5.41, 5.74) is 6.25. The number of thioether (sulfide) groups is 1. The highest BCUT2D eigenvalue weighted by atomic mass is 35.5. The Morgan fingerprint density at radius 2 is 2.00 bits per heavy atom. The second-order valence-electron chi connectivity index (χ2n) is 4.15. The Morgan fingerprint density at radius 3 is 2.55 bits per heavy atom. The van der Waals surface area contributed by atoms with E-state index in [0.29, 0.717) is 16.5 Å². The minimum Gasteiger partial charge on any atom is -0.369 e. The fourth-order valence-corrected chi connectivity index (χ4v) is 2.67. The molecule has 6 heteroatoms. The van der Waals surface area contributed by atoms with E-state index in [1.165, 1.54) is 30.1 Å². The van der Waals surface area contributed by atoms with Crippen molar-refractivity contribution < 1.29 is 9.18 Å². The van der Waals surface area contributed by atoms with Gasteiger partial charge in [0.1, 0.15) is 5.82 Å². The Balaban J connectivity index is 2.09. The van der Waals surface area contributed by atoms with Crippen LogP contribution in [0, 0.1) is 5.82 Å². The molecular weight excluding hydrogens is 299 g/mol. The smallest absolute Gasteiger partial charge is 0.231 e. The summed E-state index contributed by atoms with van der Waals surface area (Å²) >= 11 is 7.02. The zero-order valence-corrected chi connectivity index (χ0v) is 12.0. The molecule has 0 fully saturated rings. The molecule has 0 spiro atoms. The van der Waals surface area contributed by atoms with Crippen LogP contribution in [0.15, 0.2) is 47.6 Å². The fourth-order valence-electron chi connectivity index (χ4n) is 1.61. The predicted molar refractivity (Wildman–Crippen MR) is 78.2 cm³/mol. The van der Waals surface area contributed by atoms with E-state index in [2.05, 4.69) is 4.98 Å². The summed E-state index contributed by atoms with van der Waals surface area (Å²) < 4.78 is 12.8. The summed E-state index contributed by atoms with van der Waals surface area (Å²) in [5, 5.41) is 0.734. The van der Waals surface area contributed by atoms with E-state index in [9.17, 15) is 9.18 Å². The molecule has 0 aliphatic carbocycles. The Hall–Kier alpha value is -1.59. The first-order valence-corrected chi connectivity index (χ1v) is 7.12. The van der Waals surface area contributed by atoms with Gasteiger partial charge in [0.25, 0.3) is 0 Å². The van der Waals surface area contributed by atoms with Crippen LogP contribution in [0.4, 0.5) is 4.39 Å².